The maximum atomic E-state index is 3.63. The van der Waals surface area contributed by atoms with Gasteiger partial charge in [-0.2, -0.15) is 0 Å². The fourth-order valence-electron chi connectivity index (χ4n) is 2.23. The smallest absolute Gasteiger partial charge is 0.00206 e. The minimum Gasteiger partial charge on any atom is -0.316 e. The minimum absolute atomic E-state index is 0.876. The maximum absolute atomic E-state index is 3.63. The van der Waals surface area contributed by atoms with Crippen molar-refractivity contribution in [2.75, 3.05) is 13.1 Å². The average molecular weight is 241 g/mol. The van der Waals surface area contributed by atoms with E-state index in [0.717, 1.165) is 11.8 Å². The van der Waals surface area contributed by atoms with E-state index >= 15 is 0 Å². The van der Waals surface area contributed by atoms with E-state index in [4.69, 9.17) is 0 Å². The van der Waals surface area contributed by atoms with Gasteiger partial charge in [-0.05, 0) is 37.8 Å². The molecule has 0 spiro atoms. The first-order chi connectivity index (χ1) is 8.20. The molecule has 0 radical (unpaired) electrons. The lowest BCUT2D eigenvalue weighted by Gasteiger charge is -2.15. The Kier molecular flexibility index (Phi) is 12.4. The summed E-state index contributed by atoms with van der Waals surface area (Å²) in [4.78, 5) is 0. The molecule has 1 N–H and O–H groups in total. The molecular weight excluding hydrogens is 206 g/mol. The number of rotatable bonds is 12. The lowest BCUT2D eigenvalue weighted by Crippen LogP contribution is -2.23. The van der Waals surface area contributed by atoms with E-state index in [2.05, 4.69) is 33.0 Å². The highest BCUT2D eigenvalue weighted by atomic mass is 14.8. The van der Waals surface area contributed by atoms with Crippen LogP contribution in [0.3, 0.4) is 0 Å². The molecule has 0 rings (SSSR count). The molecule has 1 atom stereocenters. The summed E-state index contributed by atoms with van der Waals surface area (Å²) in [5, 5.41) is 3.63. The van der Waals surface area contributed by atoms with Crippen LogP contribution in [-0.4, -0.2) is 13.1 Å². The summed E-state index contributed by atoms with van der Waals surface area (Å²) in [5.74, 6) is 1.78. The van der Waals surface area contributed by atoms with Gasteiger partial charge in [-0.25, -0.2) is 0 Å². The molecule has 104 valence electrons. The Morgan fingerprint density at radius 3 is 2.24 bits per heavy atom. The molecule has 1 unspecified atom stereocenters. The molecule has 0 aliphatic rings. The third-order valence-corrected chi connectivity index (χ3v) is 3.61. The fourth-order valence-corrected chi connectivity index (χ4v) is 2.23. The van der Waals surface area contributed by atoms with Crippen LogP contribution in [-0.2, 0) is 0 Å². The molecular formula is C16H35N. The lowest BCUT2D eigenvalue weighted by atomic mass is 9.99. The van der Waals surface area contributed by atoms with Gasteiger partial charge in [-0.1, -0.05) is 66.2 Å². The Balaban J connectivity index is 3.24. The second kappa shape index (κ2) is 12.4. The zero-order chi connectivity index (χ0) is 12.9. The van der Waals surface area contributed by atoms with Crippen LogP contribution in [0.1, 0.15) is 79.1 Å². The summed E-state index contributed by atoms with van der Waals surface area (Å²) in [6.45, 7) is 11.7. The second-order valence-electron chi connectivity index (χ2n) is 5.86. The number of hydrogen-bond acceptors (Lipinski definition) is 1. The number of hydrogen-bond donors (Lipinski definition) is 1. The quantitative estimate of drug-likeness (QED) is 0.474. The van der Waals surface area contributed by atoms with Crippen molar-refractivity contribution < 1.29 is 0 Å². The van der Waals surface area contributed by atoms with E-state index in [0.29, 0.717) is 0 Å². The third kappa shape index (κ3) is 12.2. The van der Waals surface area contributed by atoms with Crippen molar-refractivity contribution in [1.29, 1.82) is 0 Å². The highest BCUT2D eigenvalue weighted by molar-refractivity contribution is 4.61. The zero-order valence-corrected chi connectivity index (χ0v) is 12.7. The van der Waals surface area contributed by atoms with Crippen molar-refractivity contribution in [1.82, 2.24) is 5.32 Å². The van der Waals surface area contributed by atoms with Gasteiger partial charge < -0.3 is 5.32 Å². The Hall–Kier alpha value is -0.0400. The molecule has 0 amide bonds. The van der Waals surface area contributed by atoms with Gasteiger partial charge in [0, 0.05) is 0 Å². The summed E-state index contributed by atoms with van der Waals surface area (Å²) in [5.41, 5.74) is 0. The van der Waals surface area contributed by atoms with Crippen molar-refractivity contribution in [3.05, 3.63) is 0 Å². The Bertz CT molecular complexity index is 142. The summed E-state index contributed by atoms with van der Waals surface area (Å²) < 4.78 is 0. The van der Waals surface area contributed by atoms with Crippen LogP contribution in [0.15, 0.2) is 0 Å². The SMILES string of the molecule is CCCCC(CC)CNCCCCCC(C)C. The molecule has 0 aromatic rings. The van der Waals surface area contributed by atoms with Gasteiger partial charge >= 0.3 is 0 Å². The topological polar surface area (TPSA) is 12.0 Å². The standard InChI is InChI=1S/C16H35N/c1-5-7-12-16(6-2)14-17-13-10-8-9-11-15(3)4/h15-17H,5-14H2,1-4H3. The van der Waals surface area contributed by atoms with E-state index in [1.807, 2.05) is 0 Å². The second-order valence-corrected chi connectivity index (χ2v) is 5.86. The van der Waals surface area contributed by atoms with Gasteiger partial charge in [0.15, 0.2) is 0 Å². The fraction of sp³-hybridized carbons (Fsp3) is 1.00. The first kappa shape index (κ1) is 17.0. The predicted molar refractivity (Wildman–Crippen MR) is 79.5 cm³/mol. The molecule has 0 aromatic carbocycles. The van der Waals surface area contributed by atoms with E-state index in [-0.39, 0.29) is 0 Å². The van der Waals surface area contributed by atoms with Gasteiger partial charge in [-0.3, -0.25) is 0 Å². The van der Waals surface area contributed by atoms with Crippen molar-refractivity contribution >= 4 is 0 Å². The van der Waals surface area contributed by atoms with Crippen LogP contribution in [0.5, 0.6) is 0 Å². The van der Waals surface area contributed by atoms with Crippen molar-refractivity contribution in [2.24, 2.45) is 11.8 Å². The van der Waals surface area contributed by atoms with Gasteiger partial charge in [0.05, 0.1) is 0 Å². The molecule has 0 bridgehead atoms. The van der Waals surface area contributed by atoms with Crippen LogP contribution in [0, 0.1) is 11.8 Å². The monoisotopic (exact) mass is 241 g/mol. The van der Waals surface area contributed by atoms with Crippen LogP contribution in [0.4, 0.5) is 0 Å². The van der Waals surface area contributed by atoms with Gasteiger partial charge in [0.25, 0.3) is 0 Å². The average Bonchev–Trinajstić information content (AvgIpc) is 2.31. The van der Waals surface area contributed by atoms with Crippen LogP contribution in [0.2, 0.25) is 0 Å². The van der Waals surface area contributed by atoms with Crippen LogP contribution in [0.25, 0.3) is 0 Å². The van der Waals surface area contributed by atoms with Crippen LogP contribution >= 0.6 is 0 Å². The first-order valence-corrected chi connectivity index (χ1v) is 7.91. The summed E-state index contributed by atoms with van der Waals surface area (Å²) in [6, 6.07) is 0. The molecule has 0 aliphatic carbocycles. The lowest BCUT2D eigenvalue weighted by molar-refractivity contribution is 0.414. The summed E-state index contributed by atoms with van der Waals surface area (Å²) in [6.07, 6.45) is 11.0. The van der Waals surface area contributed by atoms with E-state index in [1.165, 1.54) is 64.5 Å². The minimum atomic E-state index is 0.876. The molecule has 0 aliphatic heterocycles. The summed E-state index contributed by atoms with van der Waals surface area (Å²) in [7, 11) is 0. The molecule has 0 aromatic heterocycles. The Morgan fingerprint density at radius 2 is 1.65 bits per heavy atom. The number of unbranched alkanes of at least 4 members (excludes halogenated alkanes) is 3. The molecule has 0 saturated carbocycles. The Morgan fingerprint density at radius 1 is 0.882 bits per heavy atom. The molecule has 0 saturated heterocycles. The van der Waals surface area contributed by atoms with Gasteiger partial charge in [0.2, 0.25) is 0 Å². The normalized spacial score (nSPS) is 13.2. The van der Waals surface area contributed by atoms with E-state index in [1.54, 1.807) is 0 Å². The van der Waals surface area contributed by atoms with Crippen molar-refractivity contribution in [2.45, 2.75) is 79.1 Å². The highest BCUT2D eigenvalue weighted by Gasteiger charge is 2.04. The van der Waals surface area contributed by atoms with Crippen molar-refractivity contribution in [3.8, 4) is 0 Å². The first-order valence-electron chi connectivity index (χ1n) is 7.91. The van der Waals surface area contributed by atoms with Gasteiger partial charge in [0.1, 0.15) is 0 Å². The number of nitrogens with one attached hydrogen (secondary N) is 1. The summed E-state index contributed by atoms with van der Waals surface area (Å²) >= 11 is 0. The molecule has 1 nitrogen and oxygen atoms in total. The van der Waals surface area contributed by atoms with Gasteiger partial charge in [-0.15, -0.1) is 0 Å². The van der Waals surface area contributed by atoms with Crippen LogP contribution < -0.4 is 5.32 Å². The maximum Gasteiger partial charge on any atom is -0.00206 e. The largest absolute Gasteiger partial charge is 0.316 e. The predicted octanol–water partition coefficient (Wildman–Crippen LogP) is 5.01. The van der Waals surface area contributed by atoms with E-state index in [9.17, 15) is 0 Å². The molecule has 1 heteroatoms. The zero-order valence-electron chi connectivity index (χ0n) is 12.7. The third-order valence-electron chi connectivity index (χ3n) is 3.61. The molecule has 0 fully saturated rings. The Labute approximate surface area is 110 Å². The highest BCUT2D eigenvalue weighted by Crippen LogP contribution is 2.11. The van der Waals surface area contributed by atoms with E-state index < -0.39 is 0 Å². The molecule has 0 heterocycles. The molecule has 17 heavy (non-hydrogen) atoms. The van der Waals surface area contributed by atoms with Crippen molar-refractivity contribution in [3.63, 3.8) is 0 Å².